The van der Waals surface area contributed by atoms with Crippen molar-refractivity contribution in [3.05, 3.63) is 36.2 Å². The molecule has 1 aromatic carbocycles. The lowest BCUT2D eigenvalue weighted by Crippen LogP contribution is -2.54. The summed E-state index contributed by atoms with van der Waals surface area (Å²) in [4.78, 5) is 14.4. The number of hydrogen-bond donors (Lipinski definition) is 0. The van der Waals surface area contributed by atoms with E-state index in [1.54, 1.807) is 4.68 Å². The number of hydrogen-bond acceptors (Lipinski definition) is 5. The Morgan fingerprint density at radius 3 is 2.70 bits per heavy atom. The molecule has 122 valence electrons. The van der Waals surface area contributed by atoms with Gasteiger partial charge in [0.15, 0.2) is 0 Å². The van der Waals surface area contributed by atoms with E-state index in [0.29, 0.717) is 19.5 Å². The van der Waals surface area contributed by atoms with Crippen molar-refractivity contribution in [2.45, 2.75) is 38.9 Å². The number of carbonyl (C=O) groups excluding carboxylic acids is 1. The minimum atomic E-state index is -0.294. The van der Waals surface area contributed by atoms with Crippen molar-refractivity contribution in [2.24, 2.45) is 0 Å². The second-order valence-corrected chi connectivity index (χ2v) is 6.56. The summed E-state index contributed by atoms with van der Waals surface area (Å²) in [5.41, 5.74) is 1.55. The average Bonchev–Trinajstić information content (AvgIpc) is 3.00. The van der Waals surface area contributed by atoms with Gasteiger partial charge >= 0.3 is 0 Å². The summed E-state index contributed by atoms with van der Waals surface area (Å²) in [6.45, 7) is 7.31. The minimum absolute atomic E-state index is 0.0601. The fraction of sp³-hybridized carbons (Fsp3) is 0.500. The summed E-state index contributed by atoms with van der Waals surface area (Å²) >= 11 is 0. The smallest absolute Gasteiger partial charge is 0.227 e. The number of rotatable bonds is 3. The number of amides is 1. The van der Waals surface area contributed by atoms with Gasteiger partial charge in [0.1, 0.15) is 6.33 Å². The van der Waals surface area contributed by atoms with E-state index < -0.39 is 0 Å². The molecule has 1 aliphatic heterocycles. The molecular weight excluding hydrogens is 294 g/mol. The van der Waals surface area contributed by atoms with E-state index >= 15 is 0 Å². The van der Waals surface area contributed by atoms with Crippen LogP contribution < -0.4 is 0 Å². The molecule has 1 saturated heterocycles. The van der Waals surface area contributed by atoms with Gasteiger partial charge in [0.25, 0.3) is 0 Å². The monoisotopic (exact) mass is 315 g/mol. The van der Waals surface area contributed by atoms with Crippen LogP contribution in [-0.4, -0.2) is 55.8 Å². The van der Waals surface area contributed by atoms with Crippen LogP contribution in [0.2, 0.25) is 0 Å². The molecule has 1 aromatic heterocycles. The van der Waals surface area contributed by atoms with Crippen LogP contribution in [0.1, 0.15) is 26.3 Å². The Hall–Kier alpha value is -2.28. The maximum Gasteiger partial charge on any atom is 0.227 e. The molecule has 0 bridgehead atoms. The predicted molar refractivity (Wildman–Crippen MR) is 84.1 cm³/mol. The van der Waals surface area contributed by atoms with Crippen LogP contribution in [0.15, 0.2) is 30.6 Å². The van der Waals surface area contributed by atoms with E-state index in [9.17, 15) is 4.79 Å². The Labute approximate surface area is 135 Å². The number of nitrogens with zero attached hydrogens (tertiary/aromatic N) is 5. The Morgan fingerprint density at radius 2 is 2.09 bits per heavy atom. The van der Waals surface area contributed by atoms with Gasteiger partial charge in [-0.25, -0.2) is 4.68 Å². The number of morpholine rings is 1. The molecular formula is C16H21N5O2. The molecule has 1 amide bonds. The maximum atomic E-state index is 12.5. The quantitative estimate of drug-likeness (QED) is 0.852. The van der Waals surface area contributed by atoms with Gasteiger partial charge in [-0.15, -0.1) is 5.10 Å². The molecule has 0 aliphatic carbocycles. The second-order valence-electron chi connectivity index (χ2n) is 6.56. The average molecular weight is 315 g/mol. The molecule has 0 N–H and O–H groups in total. The van der Waals surface area contributed by atoms with Crippen molar-refractivity contribution in [3.63, 3.8) is 0 Å². The molecule has 1 unspecified atom stereocenters. The molecule has 1 aliphatic rings. The first-order valence-electron chi connectivity index (χ1n) is 7.71. The van der Waals surface area contributed by atoms with Gasteiger partial charge in [-0.2, -0.15) is 0 Å². The maximum absolute atomic E-state index is 12.5. The molecule has 23 heavy (non-hydrogen) atoms. The molecule has 0 radical (unpaired) electrons. The topological polar surface area (TPSA) is 73.1 Å². The van der Waals surface area contributed by atoms with Crippen LogP contribution in [0.25, 0.3) is 5.69 Å². The van der Waals surface area contributed by atoms with E-state index in [1.165, 1.54) is 6.33 Å². The first kappa shape index (κ1) is 15.6. The van der Waals surface area contributed by atoms with Gasteiger partial charge in [-0.05, 0) is 48.9 Å². The SMILES string of the molecule is CC1CN(C(=O)Cc2ccc(-n3cnnn3)cc2)CC(C)(C)O1. The molecule has 3 rings (SSSR count). The Balaban J connectivity index is 1.66. The van der Waals surface area contributed by atoms with Crippen LogP contribution in [0.5, 0.6) is 0 Å². The van der Waals surface area contributed by atoms with E-state index in [1.807, 2.05) is 49.9 Å². The van der Waals surface area contributed by atoms with Crippen molar-refractivity contribution in [2.75, 3.05) is 13.1 Å². The third kappa shape index (κ3) is 3.73. The third-order valence-electron chi connectivity index (χ3n) is 3.83. The lowest BCUT2D eigenvalue weighted by molar-refractivity contribution is -0.157. The van der Waals surface area contributed by atoms with Crippen molar-refractivity contribution in [1.82, 2.24) is 25.1 Å². The normalized spacial score (nSPS) is 20.5. The van der Waals surface area contributed by atoms with Gasteiger partial charge in [0, 0.05) is 13.1 Å². The highest BCUT2D eigenvalue weighted by Gasteiger charge is 2.33. The Morgan fingerprint density at radius 1 is 1.35 bits per heavy atom. The summed E-state index contributed by atoms with van der Waals surface area (Å²) in [6.07, 6.45) is 1.99. The zero-order valence-electron chi connectivity index (χ0n) is 13.6. The zero-order chi connectivity index (χ0) is 16.4. The standard InChI is InChI=1S/C16H21N5O2/c1-12-9-20(10-16(2,3)23-12)15(22)8-13-4-6-14(7-5-13)21-11-17-18-19-21/h4-7,11-12H,8-10H2,1-3H3. The number of ether oxygens (including phenoxy) is 1. The minimum Gasteiger partial charge on any atom is -0.369 e. The van der Waals surface area contributed by atoms with Gasteiger partial charge in [-0.1, -0.05) is 12.1 Å². The van der Waals surface area contributed by atoms with Gasteiger partial charge in [0.2, 0.25) is 5.91 Å². The second kappa shape index (κ2) is 6.08. The summed E-state index contributed by atoms with van der Waals surface area (Å²) in [5.74, 6) is 0.128. The summed E-state index contributed by atoms with van der Waals surface area (Å²) in [5, 5.41) is 11.1. The fourth-order valence-corrected chi connectivity index (χ4v) is 2.98. The molecule has 2 heterocycles. The number of aromatic nitrogens is 4. The first-order valence-corrected chi connectivity index (χ1v) is 7.71. The lowest BCUT2D eigenvalue weighted by atomic mass is 10.0. The number of carbonyl (C=O) groups is 1. The molecule has 1 fully saturated rings. The van der Waals surface area contributed by atoms with E-state index in [4.69, 9.17) is 4.74 Å². The van der Waals surface area contributed by atoms with Crippen LogP contribution in [-0.2, 0) is 16.0 Å². The van der Waals surface area contributed by atoms with Crippen molar-refractivity contribution >= 4 is 5.91 Å². The number of benzene rings is 1. The van der Waals surface area contributed by atoms with Crippen LogP contribution in [0.4, 0.5) is 0 Å². The third-order valence-corrected chi connectivity index (χ3v) is 3.83. The summed E-state index contributed by atoms with van der Waals surface area (Å²) in [7, 11) is 0. The highest BCUT2D eigenvalue weighted by Crippen LogP contribution is 2.21. The highest BCUT2D eigenvalue weighted by atomic mass is 16.5. The van der Waals surface area contributed by atoms with Gasteiger partial charge < -0.3 is 9.64 Å². The molecule has 0 saturated carbocycles. The summed E-state index contributed by atoms with van der Waals surface area (Å²) in [6, 6.07) is 7.68. The van der Waals surface area contributed by atoms with E-state index in [-0.39, 0.29) is 17.6 Å². The largest absolute Gasteiger partial charge is 0.369 e. The van der Waals surface area contributed by atoms with Crippen LogP contribution in [0, 0.1) is 0 Å². The first-order chi connectivity index (χ1) is 10.9. The van der Waals surface area contributed by atoms with Crippen LogP contribution >= 0.6 is 0 Å². The van der Waals surface area contributed by atoms with Gasteiger partial charge in [-0.3, -0.25) is 4.79 Å². The Kier molecular flexibility index (Phi) is 4.12. The fourth-order valence-electron chi connectivity index (χ4n) is 2.98. The van der Waals surface area contributed by atoms with E-state index in [0.717, 1.165) is 11.3 Å². The van der Waals surface area contributed by atoms with Crippen LogP contribution in [0.3, 0.4) is 0 Å². The molecule has 0 spiro atoms. The highest BCUT2D eigenvalue weighted by molar-refractivity contribution is 5.79. The van der Waals surface area contributed by atoms with Gasteiger partial charge in [0.05, 0.1) is 23.8 Å². The molecule has 7 heteroatoms. The lowest BCUT2D eigenvalue weighted by Gasteiger charge is -2.41. The van der Waals surface area contributed by atoms with Crippen molar-refractivity contribution < 1.29 is 9.53 Å². The Bertz CT molecular complexity index is 666. The van der Waals surface area contributed by atoms with Crippen molar-refractivity contribution in [1.29, 1.82) is 0 Å². The molecule has 7 nitrogen and oxygen atoms in total. The summed E-state index contributed by atoms with van der Waals surface area (Å²) < 4.78 is 7.43. The molecule has 2 aromatic rings. The van der Waals surface area contributed by atoms with Crippen molar-refractivity contribution in [3.8, 4) is 5.69 Å². The predicted octanol–water partition coefficient (Wildman–Crippen LogP) is 1.23. The van der Waals surface area contributed by atoms with E-state index in [2.05, 4.69) is 15.5 Å². The number of tetrazole rings is 1. The molecule has 1 atom stereocenters. The zero-order valence-corrected chi connectivity index (χ0v) is 13.6.